The molecule has 0 aliphatic rings. The molecule has 0 saturated carbocycles. The van der Waals surface area contributed by atoms with E-state index >= 15 is 0 Å². The maximum atomic E-state index is 10.8. The van der Waals surface area contributed by atoms with E-state index in [-0.39, 0.29) is 12.7 Å². The van der Waals surface area contributed by atoms with Crippen molar-refractivity contribution in [2.24, 2.45) is 5.73 Å². The van der Waals surface area contributed by atoms with Crippen molar-refractivity contribution in [2.75, 3.05) is 6.61 Å². The van der Waals surface area contributed by atoms with Gasteiger partial charge in [0.25, 0.3) is 0 Å². The van der Waals surface area contributed by atoms with Crippen LogP contribution >= 0.6 is 23.2 Å². The van der Waals surface area contributed by atoms with Gasteiger partial charge in [-0.15, -0.1) is 0 Å². The molecule has 0 spiro atoms. The number of rotatable bonds is 8. The van der Waals surface area contributed by atoms with E-state index in [1.54, 1.807) is 18.2 Å². The van der Waals surface area contributed by atoms with Crippen molar-refractivity contribution < 1.29 is 9.53 Å². The smallest absolute Gasteiger partial charge is 0.243 e. The number of benzene rings is 1. The molecule has 0 radical (unpaired) electrons. The Morgan fingerprint density at radius 1 is 1.37 bits per heavy atom. The highest BCUT2D eigenvalue weighted by molar-refractivity contribution is 6.35. The number of carbonyl (C=O) groups is 1. The third-order valence-electron chi connectivity index (χ3n) is 2.83. The van der Waals surface area contributed by atoms with E-state index in [0.717, 1.165) is 24.8 Å². The lowest BCUT2D eigenvalue weighted by atomic mass is 10.0. The number of ether oxygens (including phenoxy) is 1. The minimum atomic E-state index is -0.466. The summed E-state index contributed by atoms with van der Waals surface area (Å²) in [6.07, 6.45) is 3.43. The minimum absolute atomic E-state index is 0.0730. The lowest BCUT2D eigenvalue weighted by Crippen LogP contribution is -2.25. The Hall–Kier alpha value is -0.770. The van der Waals surface area contributed by atoms with Gasteiger partial charge in [0.1, 0.15) is 6.61 Å². The first kappa shape index (κ1) is 16.3. The molecule has 2 N–H and O–H groups in total. The molecule has 0 fully saturated rings. The highest BCUT2D eigenvalue weighted by Gasteiger charge is 2.15. The van der Waals surface area contributed by atoms with Crippen molar-refractivity contribution in [1.29, 1.82) is 0 Å². The van der Waals surface area contributed by atoms with Gasteiger partial charge in [-0.3, -0.25) is 4.79 Å². The summed E-state index contributed by atoms with van der Waals surface area (Å²) in [6.45, 7) is 2.03. The average Bonchev–Trinajstić information content (AvgIpc) is 2.36. The molecule has 0 aromatic heterocycles. The number of halogens is 2. The first-order valence-electron chi connectivity index (χ1n) is 6.37. The first-order chi connectivity index (χ1) is 9.04. The van der Waals surface area contributed by atoms with Crippen LogP contribution in [-0.4, -0.2) is 18.6 Å². The van der Waals surface area contributed by atoms with Gasteiger partial charge in [0, 0.05) is 16.5 Å². The fourth-order valence-electron chi connectivity index (χ4n) is 1.83. The van der Waals surface area contributed by atoms with Crippen molar-refractivity contribution in [3.63, 3.8) is 0 Å². The molecular weight excluding hydrogens is 285 g/mol. The number of hydrogen-bond donors (Lipinski definition) is 1. The Morgan fingerprint density at radius 2 is 2.00 bits per heavy atom. The van der Waals surface area contributed by atoms with Crippen molar-refractivity contribution in [3.8, 4) is 0 Å². The zero-order valence-corrected chi connectivity index (χ0v) is 12.5. The van der Waals surface area contributed by atoms with Crippen molar-refractivity contribution in [3.05, 3.63) is 33.8 Å². The topological polar surface area (TPSA) is 52.3 Å². The summed E-state index contributed by atoms with van der Waals surface area (Å²) in [4.78, 5) is 10.8. The summed E-state index contributed by atoms with van der Waals surface area (Å²) in [6, 6.07) is 5.40. The predicted molar refractivity (Wildman–Crippen MR) is 78.6 cm³/mol. The molecule has 106 valence electrons. The van der Waals surface area contributed by atoms with Gasteiger partial charge in [-0.2, -0.15) is 0 Å². The van der Waals surface area contributed by atoms with Gasteiger partial charge in [-0.05, 0) is 24.1 Å². The Balaban J connectivity index is 2.72. The van der Waals surface area contributed by atoms with E-state index in [2.05, 4.69) is 6.92 Å². The molecule has 1 aromatic rings. The highest BCUT2D eigenvalue weighted by Crippen LogP contribution is 2.27. The van der Waals surface area contributed by atoms with Crippen molar-refractivity contribution in [1.82, 2.24) is 0 Å². The summed E-state index contributed by atoms with van der Waals surface area (Å²) in [5.41, 5.74) is 5.96. The van der Waals surface area contributed by atoms with Crippen LogP contribution in [0, 0.1) is 0 Å². The van der Waals surface area contributed by atoms with Crippen LogP contribution in [0.2, 0.25) is 10.0 Å². The number of unbranched alkanes of at least 4 members (excludes halogenated alkanes) is 1. The maximum absolute atomic E-state index is 10.8. The largest absolute Gasteiger partial charge is 0.368 e. The van der Waals surface area contributed by atoms with Gasteiger partial charge >= 0.3 is 0 Å². The predicted octanol–water partition coefficient (Wildman–Crippen LogP) is 3.60. The van der Waals surface area contributed by atoms with Crippen molar-refractivity contribution >= 4 is 29.1 Å². The molecule has 1 aromatic carbocycles. The second-order valence-corrected chi connectivity index (χ2v) is 5.26. The fourth-order valence-corrected chi connectivity index (χ4v) is 2.38. The highest BCUT2D eigenvalue weighted by atomic mass is 35.5. The fraction of sp³-hybridized carbons (Fsp3) is 0.500. The standard InChI is InChI=1S/C14H19Cl2NO2/c1-2-3-5-10(19-9-14(17)18)8-11-12(15)6-4-7-13(11)16/h4,6-7,10H,2-3,5,8-9H2,1H3,(H2,17,18)/t10-/m0/s1. The molecule has 0 unspecified atom stereocenters. The Kier molecular flexibility index (Phi) is 7.21. The Bertz CT molecular complexity index is 404. The summed E-state index contributed by atoms with van der Waals surface area (Å²) < 4.78 is 5.53. The number of hydrogen-bond acceptors (Lipinski definition) is 2. The molecule has 0 heterocycles. The van der Waals surface area contributed by atoms with Gasteiger partial charge < -0.3 is 10.5 Å². The van der Waals surface area contributed by atoms with E-state index < -0.39 is 5.91 Å². The zero-order chi connectivity index (χ0) is 14.3. The van der Waals surface area contributed by atoms with Gasteiger partial charge in [0.05, 0.1) is 6.10 Å². The van der Waals surface area contributed by atoms with Crippen LogP contribution < -0.4 is 5.73 Å². The van der Waals surface area contributed by atoms with E-state index in [9.17, 15) is 4.79 Å². The quantitative estimate of drug-likeness (QED) is 0.798. The molecular formula is C14H19Cl2NO2. The zero-order valence-electron chi connectivity index (χ0n) is 11.0. The Labute approximate surface area is 124 Å². The molecule has 0 aliphatic carbocycles. The van der Waals surface area contributed by atoms with E-state index in [1.165, 1.54) is 0 Å². The molecule has 0 bridgehead atoms. The monoisotopic (exact) mass is 303 g/mol. The summed E-state index contributed by atoms with van der Waals surface area (Å²) in [7, 11) is 0. The Morgan fingerprint density at radius 3 is 2.53 bits per heavy atom. The van der Waals surface area contributed by atoms with Crippen LogP contribution in [0.1, 0.15) is 31.7 Å². The van der Waals surface area contributed by atoms with Crippen LogP contribution in [0.5, 0.6) is 0 Å². The van der Waals surface area contributed by atoms with E-state index in [4.69, 9.17) is 33.7 Å². The second kappa shape index (κ2) is 8.41. The van der Waals surface area contributed by atoms with Crippen LogP contribution in [0.15, 0.2) is 18.2 Å². The van der Waals surface area contributed by atoms with Crippen LogP contribution in [-0.2, 0) is 16.0 Å². The van der Waals surface area contributed by atoms with E-state index in [0.29, 0.717) is 16.5 Å². The lowest BCUT2D eigenvalue weighted by molar-refractivity contribution is -0.124. The molecule has 0 aliphatic heterocycles. The molecule has 19 heavy (non-hydrogen) atoms. The first-order valence-corrected chi connectivity index (χ1v) is 7.13. The molecule has 0 saturated heterocycles. The van der Waals surface area contributed by atoms with Crippen LogP contribution in [0.25, 0.3) is 0 Å². The molecule has 5 heteroatoms. The third-order valence-corrected chi connectivity index (χ3v) is 3.54. The van der Waals surface area contributed by atoms with Crippen LogP contribution in [0.3, 0.4) is 0 Å². The number of carbonyl (C=O) groups excluding carboxylic acids is 1. The molecule has 1 amide bonds. The van der Waals surface area contributed by atoms with Crippen molar-refractivity contribution in [2.45, 2.75) is 38.7 Å². The summed E-state index contributed by atoms with van der Waals surface area (Å²) >= 11 is 12.3. The third kappa shape index (κ3) is 5.81. The summed E-state index contributed by atoms with van der Waals surface area (Å²) in [5, 5.41) is 1.24. The number of nitrogens with two attached hydrogens (primary N) is 1. The number of amides is 1. The minimum Gasteiger partial charge on any atom is -0.368 e. The van der Waals surface area contributed by atoms with Gasteiger partial charge in [-0.25, -0.2) is 0 Å². The summed E-state index contributed by atoms with van der Waals surface area (Å²) in [5.74, 6) is -0.466. The van der Waals surface area contributed by atoms with Gasteiger partial charge in [0.15, 0.2) is 0 Å². The molecule has 3 nitrogen and oxygen atoms in total. The van der Waals surface area contributed by atoms with Gasteiger partial charge in [0.2, 0.25) is 5.91 Å². The SMILES string of the molecule is CCCC[C@@H](Cc1c(Cl)cccc1Cl)OCC(N)=O. The number of primary amides is 1. The molecule has 1 rings (SSSR count). The second-order valence-electron chi connectivity index (χ2n) is 4.45. The average molecular weight is 304 g/mol. The van der Waals surface area contributed by atoms with E-state index in [1.807, 2.05) is 0 Å². The normalized spacial score (nSPS) is 12.4. The van der Waals surface area contributed by atoms with Crippen LogP contribution in [0.4, 0.5) is 0 Å². The maximum Gasteiger partial charge on any atom is 0.243 e. The lowest BCUT2D eigenvalue weighted by Gasteiger charge is -2.18. The van der Waals surface area contributed by atoms with Gasteiger partial charge in [-0.1, -0.05) is 49.0 Å². The molecule has 1 atom stereocenters.